The summed E-state index contributed by atoms with van der Waals surface area (Å²) in [4.78, 5) is 16.9. The SMILES string of the molecule is CCc1ccc(C2=CC(C(=O)Nc3ccc(OC(C)C)c(Cl)c3)=NC2)cc1. The molecule has 140 valence electrons. The molecule has 0 bridgehead atoms. The number of benzene rings is 2. The zero-order valence-corrected chi connectivity index (χ0v) is 16.5. The molecule has 1 aliphatic rings. The van der Waals surface area contributed by atoms with Gasteiger partial charge in [-0.1, -0.05) is 42.8 Å². The maximum atomic E-state index is 12.5. The number of carbonyl (C=O) groups is 1. The summed E-state index contributed by atoms with van der Waals surface area (Å²) in [6.07, 6.45) is 2.88. The van der Waals surface area contributed by atoms with E-state index < -0.39 is 0 Å². The Morgan fingerprint density at radius 2 is 1.96 bits per heavy atom. The number of carbonyl (C=O) groups excluding carboxylic acids is 1. The van der Waals surface area contributed by atoms with Gasteiger partial charge in [-0.15, -0.1) is 0 Å². The van der Waals surface area contributed by atoms with Gasteiger partial charge in [0.15, 0.2) is 0 Å². The summed E-state index contributed by atoms with van der Waals surface area (Å²) in [6, 6.07) is 13.6. The molecular formula is C22H23ClN2O2. The highest BCUT2D eigenvalue weighted by molar-refractivity contribution is 6.49. The van der Waals surface area contributed by atoms with Crippen LogP contribution in [0.3, 0.4) is 0 Å². The lowest BCUT2D eigenvalue weighted by Gasteiger charge is -2.12. The summed E-state index contributed by atoms with van der Waals surface area (Å²) in [5.74, 6) is 0.351. The molecule has 0 unspecified atom stereocenters. The van der Waals surface area contributed by atoms with Crippen LogP contribution in [0.2, 0.25) is 5.02 Å². The summed E-state index contributed by atoms with van der Waals surface area (Å²) >= 11 is 6.23. The summed E-state index contributed by atoms with van der Waals surface area (Å²) in [7, 11) is 0. The second-order valence-electron chi connectivity index (χ2n) is 6.69. The van der Waals surface area contributed by atoms with Gasteiger partial charge in [0, 0.05) is 5.69 Å². The molecule has 0 atom stereocenters. The van der Waals surface area contributed by atoms with E-state index in [1.54, 1.807) is 18.2 Å². The first kappa shape index (κ1) is 19.2. The zero-order valence-electron chi connectivity index (χ0n) is 15.8. The number of nitrogens with zero attached hydrogens (tertiary/aromatic N) is 1. The van der Waals surface area contributed by atoms with Crippen LogP contribution in [0.25, 0.3) is 5.57 Å². The maximum Gasteiger partial charge on any atom is 0.273 e. The van der Waals surface area contributed by atoms with E-state index in [-0.39, 0.29) is 12.0 Å². The molecule has 2 aromatic carbocycles. The molecule has 2 aromatic rings. The van der Waals surface area contributed by atoms with Crippen molar-refractivity contribution >= 4 is 34.5 Å². The number of halogens is 1. The van der Waals surface area contributed by atoms with Crippen molar-refractivity contribution in [1.82, 2.24) is 0 Å². The van der Waals surface area contributed by atoms with E-state index in [1.807, 2.05) is 19.9 Å². The van der Waals surface area contributed by atoms with Gasteiger partial charge in [0.05, 0.1) is 17.7 Å². The third kappa shape index (κ3) is 4.77. The van der Waals surface area contributed by atoms with Gasteiger partial charge in [0.1, 0.15) is 11.5 Å². The number of hydrogen-bond donors (Lipinski definition) is 1. The first-order chi connectivity index (χ1) is 13.0. The van der Waals surface area contributed by atoms with Crippen molar-refractivity contribution in [2.45, 2.75) is 33.3 Å². The van der Waals surface area contributed by atoms with Crippen LogP contribution in [0.15, 0.2) is 53.5 Å². The Morgan fingerprint density at radius 1 is 1.22 bits per heavy atom. The minimum atomic E-state index is -0.247. The molecular weight excluding hydrogens is 360 g/mol. The molecule has 0 saturated heterocycles. The van der Waals surface area contributed by atoms with Gasteiger partial charge >= 0.3 is 0 Å². The Labute approximate surface area is 164 Å². The molecule has 1 N–H and O–H groups in total. The fourth-order valence-electron chi connectivity index (χ4n) is 2.82. The summed E-state index contributed by atoms with van der Waals surface area (Å²) in [5.41, 5.74) is 4.46. The van der Waals surface area contributed by atoms with Crippen LogP contribution in [-0.4, -0.2) is 24.3 Å². The molecule has 0 radical (unpaired) electrons. The Kier molecular flexibility index (Phi) is 5.97. The van der Waals surface area contributed by atoms with Gasteiger partial charge < -0.3 is 10.1 Å². The van der Waals surface area contributed by atoms with E-state index >= 15 is 0 Å². The number of rotatable bonds is 6. The van der Waals surface area contributed by atoms with Gasteiger partial charge in [-0.2, -0.15) is 0 Å². The number of amides is 1. The topological polar surface area (TPSA) is 50.7 Å². The van der Waals surface area contributed by atoms with E-state index in [2.05, 4.69) is 41.5 Å². The predicted molar refractivity (Wildman–Crippen MR) is 112 cm³/mol. The van der Waals surface area contributed by atoms with Crippen molar-refractivity contribution in [1.29, 1.82) is 0 Å². The summed E-state index contributed by atoms with van der Waals surface area (Å²) < 4.78 is 5.61. The van der Waals surface area contributed by atoms with Crippen molar-refractivity contribution < 1.29 is 9.53 Å². The zero-order chi connectivity index (χ0) is 19.4. The molecule has 3 rings (SSSR count). The third-order valence-corrected chi connectivity index (χ3v) is 4.54. The van der Waals surface area contributed by atoms with E-state index in [0.29, 0.717) is 28.7 Å². The van der Waals surface area contributed by atoms with Crippen LogP contribution < -0.4 is 10.1 Å². The van der Waals surface area contributed by atoms with E-state index in [9.17, 15) is 4.79 Å². The summed E-state index contributed by atoms with van der Waals surface area (Å²) in [5, 5.41) is 3.30. The molecule has 1 amide bonds. The van der Waals surface area contributed by atoms with Crippen LogP contribution >= 0.6 is 11.6 Å². The number of aryl methyl sites for hydroxylation is 1. The largest absolute Gasteiger partial charge is 0.489 e. The average molecular weight is 383 g/mol. The number of hydrogen-bond acceptors (Lipinski definition) is 3. The van der Waals surface area contributed by atoms with Crippen LogP contribution in [0.4, 0.5) is 5.69 Å². The summed E-state index contributed by atoms with van der Waals surface area (Å²) in [6.45, 7) is 6.51. The van der Waals surface area contributed by atoms with Gasteiger partial charge in [-0.25, -0.2) is 0 Å². The predicted octanol–water partition coefficient (Wildman–Crippen LogP) is 5.17. The minimum absolute atomic E-state index is 0.0331. The average Bonchev–Trinajstić information content (AvgIpc) is 3.14. The van der Waals surface area contributed by atoms with Gasteiger partial charge in [-0.05, 0) is 61.2 Å². The van der Waals surface area contributed by atoms with Crippen molar-refractivity contribution in [2.24, 2.45) is 4.99 Å². The first-order valence-electron chi connectivity index (χ1n) is 9.08. The molecule has 0 spiro atoms. The van der Waals surface area contributed by atoms with Gasteiger partial charge in [0.25, 0.3) is 5.91 Å². The highest BCUT2D eigenvalue weighted by atomic mass is 35.5. The standard InChI is InChI=1S/C22H23ClN2O2/c1-4-15-5-7-16(8-6-15)17-11-20(24-13-17)22(26)25-18-9-10-21(19(23)12-18)27-14(2)3/h5-12,14H,4,13H2,1-3H3,(H,25,26). The highest BCUT2D eigenvalue weighted by Gasteiger charge is 2.17. The lowest BCUT2D eigenvalue weighted by atomic mass is 10.0. The van der Waals surface area contributed by atoms with Crippen LogP contribution in [0.5, 0.6) is 5.75 Å². The first-order valence-corrected chi connectivity index (χ1v) is 9.46. The van der Waals surface area contributed by atoms with Crippen molar-refractivity contribution in [3.63, 3.8) is 0 Å². The molecule has 5 heteroatoms. The van der Waals surface area contributed by atoms with E-state index in [1.165, 1.54) is 5.56 Å². The smallest absolute Gasteiger partial charge is 0.273 e. The molecule has 1 aliphatic heterocycles. The number of aliphatic imine (C=N–C) groups is 1. The lowest BCUT2D eigenvalue weighted by molar-refractivity contribution is -0.110. The Morgan fingerprint density at radius 3 is 2.59 bits per heavy atom. The Bertz CT molecular complexity index is 899. The molecule has 1 heterocycles. The normalized spacial score (nSPS) is 13.4. The molecule has 0 aromatic heterocycles. The minimum Gasteiger partial charge on any atom is -0.489 e. The second-order valence-corrected chi connectivity index (χ2v) is 7.09. The molecule has 0 aliphatic carbocycles. The monoisotopic (exact) mass is 382 g/mol. The van der Waals surface area contributed by atoms with Crippen molar-refractivity contribution in [2.75, 3.05) is 11.9 Å². The second kappa shape index (κ2) is 8.40. The number of nitrogens with one attached hydrogen (secondary N) is 1. The number of ether oxygens (including phenoxy) is 1. The third-order valence-electron chi connectivity index (χ3n) is 4.25. The lowest BCUT2D eigenvalue weighted by Crippen LogP contribution is -2.20. The quantitative estimate of drug-likeness (QED) is 0.749. The van der Waals surface area contributed by atoms with E-state index in [4.69, 9.17) is 16.3 Å². The Balaban J connectivity index is 1.67. The van der Waals surface area contributed by atoms with Gasteiger partial charge in [0.2, 0.25) is 0 Å². The molecule has 0 fully saturated rings. The highest BCUT2D eigenvalue weighted by Crippen LogP contribution is 2.29. The van der Waals surface area contributed by atoms with Crippen LogP contribution in [0.1, 0.15) is 31.9 Å². The van der Waals surface area contributed by atoms with E-state index in [0.717, 1.165) is 17.6 Å². The fraction of sp³-hybridized carbons (Fsp3) is 0.273. The fourth-order valence-corrected chi connectivity index (χ4v) is 3.04. The Hall–Kier alpha value is -2.59. The van der Waals surface area contributed by atoms with Crippen LogP contribution in [0, 0.1) is 0 Å². The van der Waals surface area contributed by atoms with Crippen LogP contribution in [-0.2, 0) is 11.2 Å². The molecule has 27 heavy (non-hydrogen) atoms. The number of anilines is 1. The molecule has 4 nitrogen and oxygen atoms in total. The molecule has 0 saturated carbocycles. The van der Waals surface area contributed by atoms with Crippen molar-refractivity contribution in [3.05, 3.63) is 64.7 Å². The van der Waals surface area contributed by atoms with Crippen molar-refractivity contribution in [3.8, 4) is 5.75 Å². The maximum absolute atomic E-state index is 12.5. The van der Waals surface area contributed by atoms with Gasteiger partial charge in [-0.3, -0.25) is 9.79 Å².